The van der Waals surface area contributed by atoms with Gasteiger partial charge < -0.3 is 14.7 Å². The topological polar surface area (TPSA) is 49.8 Å². The predicted octanol–water partition coefficient (Wildman–Crippen LogP) is 2.40. The van der Waals surface area contributed by atoms with Crippen LogP contribution in [0.2, 0.25) is 0 Å². The molecule has 17 heavy (non-hydrogen) atoms. The van der Waals surface area contributed by atoms with Crippen LogP contribution in [0.1, 0.15) is 46.5 Å². The van der Waals surface area contributed by atoms with E-state index in [1.165, 1.54) is 17.7 Å². The van der Waals surface area contributed by atoms with Gasteiger partial charge in [-0.2, -0.15) is 0 Å². The second-order valence-electron chi connectivity index (χ2n) is 5.97. The molecule has 0 aromatic carbocycles. The standard InChI is InChI=1S/C13H25NO3/c1-13(2,3)17-12(16)14(4)9-11(15)10-7-5-6-8-10/h10-11,15H,5-9H2,1-4H3. The summed E-state index contributed by atoms with van der Waals surface area (Å²) in [7, 11) is 1.67. The number of nitrogens with zero attached hydrogens (tertiary/aromatic N) is 1. The molecule has 1 rings (SSSR count). The number of amides is 1. The predicted molar refractivity (Wildman–Crippen MR) is 66.8 cm³/mol. The Kier molecular flexibility index (Phi) is 4.80. The highest BCUT2D eigenvalue weighted by Crippen LogP contribution is 2.28. The zero-order valence-corrected chi connectivity index (χ0v) is 11.4. The third kappa shape index (κ3) is 4.94. The minimum absolute atomic E-state index is 0.347. The molecule has 0 bridgehead atoms. The van der Waals surface area contributed by atoms with Crippen molar-refractivity contribution >= 4 is 6.09 Å². The summed E-state index contributed by atoms with van der Waals surface area (Å²) in [6.07, 6.45) is 3.74. The number of aliphatic hydroxyl groups is 1. The van der Waals surface area contributed by atoms with Gasteiger partial charge in [0, 0.05) is 13.6 Å². The molecule has 0 aliphatic heterocycles. The molecule has 0 aromatic rings. The van der Waals surface area contributed by atoms with Crippen molar-refractivity contribution in [3.8, 4) is 0 Å². The quantitative estimate of drug-likeness (QED) is 0.828. The summed E-state index contributed by atoms with van der Waals surface area (Å²) in [5.41, 5.74) is -0.482. The van der Waals surface area contributed by atoms with Gasteiger partial charge in [-0.05, 0) is 39.5 Å². The van der Waals surface area contributed by atoms with E-state index in [1.807, 2.05) is 20.8 Å². The molecule has 0 saturated heterocycles. The number of aliphatic hydroxyl groups excluding tert-OH is 1. The Morgan fingerprint density at radius 2 is 1.94 bits per heavy atom. The normalized spacial score (nSPS) is 19.1. The van der Waals surface area contributed by atoms with Crippen molar-refractivity contribution in [2.24, 2.45) is 5.92 Å². The van der Waals surface area contributed by atoms with Crippen LogP contribution in [0.4, 0.5) is 4.79 Å². The minimum Gasteiger partial charge on any atom is -0.444 e. The highest BCUT2D eigenvalue weighted by atomic mass is 16.6. The van der Waals surface area contributed by atoms with E-state index in [-0.39, 0.29) is 6.09 Å². The van der Waals surface area contributed by atoms with Crippen molar-refractivity contribution in [3.05, 3.63) is 0 Å². The summed E-state index contributed by atoms with van der Waals surface area (Å²) in [6, 6.07) is 0. The van der Waals surface area contributed by atoms with Gasteiger partial charge in [-0.15, -0.1) is 0 Å². The molecular weight excluding hydrogens is 218 g/mol. The first-order valence-electron chi connectivity index (χ1n) is 6.42. The highest BCUT2D eigenvalue weighted by Gasteiger charge is 2.27. The molecule has 1 fully saturated rings. The number of rotatable bonds is 3. The fraction of sp³-hybridized carbons (Fsp3) is 0.923. The van der Waals surface area contributed by atoms with E-state index < -0.39 is 11.7 Å². The molecule has 1 unspecified atom stereocenters. The first-order chi connectivity index (χ1) is 7.79. The van der Waals surface area contributed by atoms with Gasteiger partial charge in [-0.3, -0.25) is 0 Å². The van der Waals surface area contributed by atoms with E-state index in [9.17, 15) is 9.90 Å². The molecule has 100 valence electrons. The Morgan fingerprint density at radius 3 is 2.41 bits per heavy atom. The summed E-state index contributed by atoms with van der Waals surface area (Å²) < 4.78 is 5.24. The van der Waals surface area contributed by atoms with Crippen LogP contribution in [0.15, 0.2) is 0 Å². The number of likely N-dealkylation sites (N-methyl/N-ethyl adjacent to an activating group) is 1. The van der Waals surface area contributed by atoms with Crippen LogP contribution in [0.25, 0.3) is 0 Å². The lowest BCUT2D eigenvalue weighted by Gasteiger charge is -2.27. The molecule has 4 heteroatoms. The number of hydrogen-bond donors (Lipinski definition) is 1. The first kappa shape index (κ1) is 14.3. The Labute approximate surface area is 104 Å². The van der Waals surface area contributed by atoms with Crippen molar-refractivity contribution in [2.45, 2.75) is 58.2 Å². The Balaban J connectivity index is 2.37. The Bertz CT molecular complexity index is 254. The molecule has 1 atom stereocenters. The molecule has 0 heterocycles. The van der Waals surface area contributed by atoms with Gasteiger partial charge in [-0.25, -0.2) is 4.79 Å². The van der Waals surface area contributed by atoms with Gasteiger partial charge >= 0.3 is 6.09 Å². The summed E-state index contributed by atoms with van der Waals surface area (Å²) in [6.45, 7) is 5.88. The first-order valence-corrected chi connectivity index (χ1v) is 6.42. The molecule has 0 radical (unpaired) electrons. The molecule has 0 aromatic heterocycles. The van der Waals surface area contributed by atoms with Gasteiger partial charge in [0.15, 0.2) is 0 Å². The van der Waals surface area contributed by atoms with Gasteiger partial charge in [0.1, 0.15) is 5.60 Å². The molecule has 1 amide bonds. The van der Waals surface area contributed by atoms with Crippen molar-refractivity contribution in [1.29, 1.82) is 0 Å². The van der Waals surface area contributed by atoms with Gasteiger partial charge in [-0.1, -0.05) is 12.8 Å². The summed E-state index contributed by atoms with van der Waals surface area (Å²) in [5.74, 6) is 0.347. The molecular formula is C13H25NO3. The zero-order valence-electron chi connectivity index (χ0n) is 11.4. The van der Waals surface area contributed by atoms with E-state index in [0.717, 1.165) is 12.8 Å². The van der Waals surface area contributed by atoms with Crippen LogP contribution < -0.4 is 0 Å². The zero-order chi connectivity index (χ0) is 13.1. The molecule has 1 saturated carbocycles. The molecule has 4 nitrogen and oxygen atoms in total. The second-order valence-corrected chi connectivity index (χ2v) is 5.97. The van der Waals surface area contributed by atoms with Crippen molar-refractivity contribution in [2.75, 3.05) is 13.6 Å². The maximum absolute atomic E-state index is 11.7. The van der Waals surface area contributed by atoms with Gasteiger partial charge in [0.2, 0.25) is 0 Å². The van der Waals surface area contributed by atoms with Crippen molar-refractivity contribution in [1.82, 2.24) is 4.90 Å². The Morgan fingerprint density at radius 1 is 1.41 bits per heavy atom. The lowest BCUT2D eigenvalue weighted by atomic mass is 10.0. The van der Waals surface area contributed by atoms with Crippen LogP contribution in [0.3, 0.4) is 0 Å². The lowest BCUT2D eigenvalue weighted by molar-refractivity contribution is 0.0138. The smallest absolute Gasteiger partial charge is 0.410 e. The largest absolute Gasteiger partial charge is 0.444 e. The highest BCUT2D eigenvalue weighted by molar-refractivity contribution is 5.67. The van der Waals surface area contributed by atoms with Crippen LogP contribution in [0, 0.1) is 5.92 Å². The van der Waals surface area contributed by atoms with E-state index in [2.05, 4.69) is 0 Å². The molecule has 1 aliphatic rings. The number of carbonyl (C=O) groups excluding carboxylic acids is 1. The van der Waals surface area contributed by atoms with Gasteiger partial charge in [0.25, 0.3) is 0 Å². The van der Waals surface area contributed by atoms with E-state index in [0.29, 0.717) is 12.5 Å². The molecule has 1 N–H and O–H groups in total. The van der Waals surface area contributed by atoms with E-state index >= 15 is 0 Å². The average molecular weight is 243 g/mol. The van der Waals surface area contributed by atoms with Crippen molar-refractivity contribution in [3.63, 3.8) is 0 Å². The van der Waals surface area contributed by atoms with Crippen LogP contribution in [-0.2, 0) is 4.74 Å². The van der Waals surface area contributed by atoms with E-state index in [1.54, 1.807) is 7.05 Å². The maximum atomic E-state index is 11.7. The Hall–Kier alpha value is -0.770. The lowest BCUT2D eigenvalue weighted by Crippen LogP contribution is -2.40. The van der Waals surface area contributed by atoms with Crippen LogP contribution in [0.5, 0.6) is 0 Å². The third-order valence-corrected chi connectivity index (χ3v) is 3.11. The average Bonchev–Trinajstić information content (AvgIpc) is 2.67. The maximum Gasteiger partial charge on any atom is 0.410 e. The van der Waals surface area contributed by atoms with Gasteiger partial charge in [0.05, 0.1) is 6.10 Å². The molecule has 1 aliphatic carbocycles. The fourth-order valence-corrected chi connectivity index (χ4v) is 2.19. The summed E-state index contributed by atoms with van der Waals surface area (Å²) >= 11 is 0. The molecule has 0 spiro atoms. The number of ether oxygens (including phenoxy) is 1. The fourth-order valence-electron chi connectivity index (χ4n) is 2.19. The summed E-state index contributed by atoms with van der Waals surface area (Å²) in [5, 5.41) is 10.0. The number of carbonyl (C=O) groups is 1. The van der Waals surface area contributed by atoms with E-state index in [4.69, 9.17) is 4.74 Å². The summed E-state index contributed by atoms with van der Waals surface area (Å²) in [4.78, 5) is 13.2. The minimum atomic E-state index is -0.482. The number of hydrogen-bond acceptors (Lipinski definition) is 3. The van der Waals surface area contributed by atoms with Crippen LogP contribution >= 0.6 is 0 Å². The van der Waals surface area contributed by atoms with Crippen molar-refractivity contribution < 1.29 is 14.6 Å². The third-order valence-electron chi connectivity index (χ3n) is 3.11. The second kappa shape index (κ2) is 5.71. The monoisotopic (exact) mass is 243 g/mol. The SMILES string of the molecule is CN(CC(O)C1CCCC1)C(=O)OC(C)(C)C. The van der Waals surface area contributed by atoms with Crippen LogP contribution in [-0.4, -0.2) is 41.4 Å².